The van der Waals surface area contributed by atoms with Crippen molar-refractivity contribution in [3.63, 3.8) is 0 Å². The van der Waals surface area contributed by atoms with Crippen LogP contribution in [0.25, 0.3) is 0 Å². The van der Waals surface area contributed by atoms with Crippen molar-refractivity contribution in [1.29, 1.82) is 0 Å². The van der Waals surface area contributed by atoms with Gasteiger partial charge in [0.15, 0.2) is 0 Å². The lowest BCUT2D eigenvalue weighted by molar-refractivity contribution is -0.128. The van der Waals surface area contributed by atoms with Gasteiger partial charge in [0.25, 0.3) is 10.2 Å². The first-order valence-electron chi connectivity index (χ1n) is 5.97. The fourth-order valence-electron chi connectivity index (χ4n) is 1.67. The molecule has 0 atom stereocenters. The van der Waals surface area contributed by atoms with Crippen LogP contribution in [-0.2, 0) is 15.0 Å². The van der Waals surface area contributed by atoms with Gasteiger partial charge >= 0.3 is 0 Å². The largest absolute Gasteiger partial charge is 0.359 e. The molecular weight excluding hydrogens is 256 g/mol. The summed E-state index contributed by atoms with van der Waals surface area (Å²) in [7, 11) is -1.96. The first kappa shape index (κ1) is 15.4. The minimum atomic E-state index is -3.49. The molecule has 0 spiro atoms. The van der Waals surface area contributed by atoms with Crippen molar-refractivity contribution in [1.82, 2.24) is 19.7 Å². The number of nitrogens with zero attached hydrogens (tertiary/aromatic N) is 1. The summed E-state index contributed by atoms with van der Waals surface area (Å²) in [6.07, 6.45) is 0. The monoisotopic (exact) mass is 278 g/mol. The van der Waals surface area contributed by atoms with Crippen molar-refractivity contribution in [2.24, 2.45) is 5.41 Å². The molecule has 0 aromatic rings. The molecule has 0 aliphatic carbocycles. The van der Waals surface area contributed by atoms with Crippen LogP contribution >= 0.6 is 0 Å². The first-order valence-corrected chi connectivity index (χ1v) is 7.41. The Bertz CT molecular complexity index is 388. The molecule has 0 radical (unpaired) electrons. The molecule has 7 nitrogen and oxygen atoms in total. The summed E-state index contributed by atoms with van der Waals surface area (Å²) in [5.74, 6) is -0.189. The van der Waals surface area contributed by atoms with E-state index >= 15 is 0 Å². The zero-order valence-electron chi connectivity index (χ0n) is 11.1. The third-order valence-electron chi connectivity index (χ3n) is 2.95. The fourth-order valence-corrected chi connectivity index (χ4v) is 3.06. The first-order chi connectivity index (χ1) is 8.29. The van der Waals surface area contributed by atoms with E-state index < -0.39 is 15.6 Å². The van der Waals surface area contributed by atoms with Gasteiger partial charge in [0.05, 0.1) is 5.41 Å². The number of hydrogen-bond acceptors (Lipinski definition) is 4. The molecule has 18 heavy (non-hydrogen) atoms. The number of nitrogens with one attached hydrogen (secondary N) is 3. The smallest absolute Gasteiger partial charge is 0.279 e. The van der Waals surface area contributed by atoms with Crippen molar-refractivity contribution in [3.05, 3.63) is 0 Å². The van der Waals surface area contributed by atoms with Gasteiger partial charge in [-0.3, -0.25) is 4.79 Å². The van der Waals surface area contributed by atoms with Crippen molar-refractivity contribution >= 4 is 16.1 Å². The molecule has 1 aliphatic heterocycles. The molecule has 1 fully saturated rings. The minimum absolute atomic E-state index is 0.0823. The van der Waals surface area contributed by atoms with E-state index in [2.05, 4.69) is 15.4 Å². The van der Waals surface area contributed by atoms with Crippen molar-refractivity contribution in [3.8, 4) is 0 Å². The maximum Gasteiger partial charge on any atom is 0.279 e. The van der Waals surface area contributed by atoms with Crippen LogP contribution in [0.4, 0.5) is 0 Å². The third kappa shape index (κ3) is 3.91. The van der Waals surface area contributed by atoms with Crippen LogP contribution < -0.4 is 15.4 Å². The van der Waals surface area contributed by atoms with Crippen molar-refractivity contribution < 1.29 is 13.2 Å². The minimum Gasteiger partial charge on any atom is -0.359 e. The highest BCUT2D eigenvalue weighted by Crippen LogP contribution is 2.14. The van der Waals surface area contributed by atoms with Crippen LogP contribution in [0.15, 0.2) is 0 Å². The van der Waals surface area contributed by atoms with Crippen LogP contribution in [0, 0.1) is 5.41 Å². The lowest BCUT2D eigenvalue weighted by atomic mass is 9.93. The molecule has 0 saturated carbocycles. The molecule has 1 saturated heterocycles. The average molecular weight is 278 g/mol. The normalized spacial score (nSPS) is 18.6. The summed E-state index contributed by atoms with van der Waals surface area (Å²) in [6.45, 7) is 5.70. The highest BCUT2D eigenvalue weighted by Gasteiger charge is 2.30. The zero-order chi connectivity index (χ0) is 13.8. The Morgan fingerprint density at radius 1 is 1.33 bits per heavy atom. The highest BCUT2D eigenvalue weighted by atomic mass is 32.2. The fraction of sp³-hybridized carbons (Fsp3) is 0.900. The molecule has 0 bridgehead atoms. The van der Waals surface area contributed by atoms with Gasteiger partial charge in [-0.2, -0.15) is 12.7 Å². The van der Waals surface area contributed by atoms with E-state index in [-0.39, 0.29) is 12.5 Å². The molecule has 3 N–H and O–H groups in total. The van der Waals surface area contributed by atoms with Crippen LogP contribution in [-0.4, -0.2) is 58.4 Å². The summed E-state index contributed by atoms with van der Waals surface area (Å²) >= 11 is 0. The van der Waals surface area contributed by atoms with Crippen molar-refractivity contribution in [2.75, 3.05) is 39.8 Å². The molecule has 1 heterocycles. The van der Waals surface area contributed by atoms with E-state index in [4.69, 9.17) is 0 Å². The Morgan fingerprint density at radius 3 is 2.39 bits per heavy atom. The second-order valence-corrected chi connectivity index (χ2v) is 6.69. The Labute approximate surface area is 108 Å². The summed E-state index contributed by atoms with van der Waals surface area (Å²) in [5.41, 5.74) is -0.768. The Kier molecular flexibility index (Phi) is 5.09. The molecule has 0 aromatic heterocycles. The maximum absolute atomic E-state index is 12.0. The number of piperazine rings is 1. The summed E-state index contributed by atoms with van der Waals surface area (Å²) in [6, 6.07) is 0. The number of amides is 1. The Balaban J connectivity index is 2.58. The van der Waals surface area contributed by atoms with E-state index in [1.54, 1.807) is 13.8 Å². The molecule has 1 rings (SSSR count). The quantitative estimate of drug-likeness (QED) is 0.571. The van der Waals surface area contributed by atoms with Crippen LogP contribution in [0.5, 0.6) is 0 Å². The van der Waals surface area contributed by atoms with E-state index in [1.165, 1.54) is 11.4 Å². The maximum atomic E-state index is 12.0. The number of carbonyl (C=O) groups is 1. The van der Waals surface area contributed by atoms with Gasteiger partial charge in [0, 0.05) is 39.8 Å². The summed E-state index contributed by atoms with van der Waals surface area (Å²) < 4.78 is 27.9. The average Bonchev–Trinajstić information content (AvgIpc) is 2.36. The molecule has 106 valence electrons. The second kappa shape index (κ2) is 5.96. The van der Waals surface area contributed by atoms with Crippen molar-refractivity contribution in [2.45, 2.75) is 13.8 Å². The van der Waals surface area contributed by atoms with Gasteiger partial charge in [0.2, 0.25) is 5.91 Å². The standard InChI is InChI=1S/C10H22N4O3S/c1-10(2,9(15)11-3)8-13-18(16,17)14-6-4-12-5-7-14/h12-13H,4-8H2,1-3H3,(H,11,15). The molecule has 8 heteroatoms. The zero-order valence-corrected chi connectivity index (χ0v) is 11.9. The Morgan fingerprint density at radius 2 is 1.89 bits per heavy atom. The predicted octanol–water partition coefficient (Wildman–Crippen LogP) is -1.50. The van der Waals surface area contributed by atoms with Gasteiger partial charge in [0.1, 0.15) is 0 Å². The number of carbonyl (C=O) groups excluding carboxylic acids is 1. The number of rotatable bonds is 5. The molecule has 0 unspecified atom stereocenters. The SMILES string of the molecule is CNC(=O)C(C)(C)CNS(=O)(=O)N1CCNCC1. The second-order valence-electron chi connectivity index (χ2n) is 4.94. The van der Waals surface area contributed by atoms with Gasteiger partial charge in [-0.25, -0.2) is 4.72 Å². The van der Waals surface area contributed by atoms with Gasteiger partial charge in [-0.1, -0.05) is 0 Å². The lowest BCUT2D eigenvalue weighted by Crippen LogP contribution is -2.53. The molecule has 0 aromatic carbocycles. The van der Waals surface area contributed by atoms with Gasteiger partial charge in [-0.05, 0) is 13.8 Å². The van der Waals surface area contributed by atoms with Crippen LogP contribution in [0.2, 0.25) is 0 Å². The highest BCUT2D eigenvalue weighted by molar-refractivity contribution is 7.87. The van der Waals surface area contributed by atoms with Crippen LogP contribution in [0.3, 0.4) is 0 Å². The van der Waals surface area contributed by atoms with Crippen LogP contribution in [0.1, 0.15) is 13.8 Å². The van der Waals surface area contributed by atoms with E-state index in [0.29, 0.717) is 26.2 Å². The third-order valence-corrected chi connectivity index (χ3v) is 4.51. The van der Waals surface area contributed by atoms with Gasteiger partial charge in [-0.15, -0.1) is 0 Å². The molecule has 1 aliphatic rings. The molecule has 1 amide bonds. The topological polar surface area (TPSA) is 90.5 Å². The molecular formula is C10H22N4O3S. The predicted molar refractivity (Wildman–Crippen MR) is 69.2 cm³/mol. The van der Waals surface area contributed by atoms with E-state index in [0.717, 1.165) is 0 Å². The van der Waals surface area contributed by atoms with E-state index in [1.807, 2.05) is 0 Å². The summed E-state index contributed by atoms with van der Waals surface area (Å²) in [4.78, 5) is 11.6. The van der Waals surface area contributed by atoms with E-state index in [9.17, 15) is 13.2 Å². The Hall–Kier alpha value is -0.700. The lowest BCUT2D eigenvalue weighted by Gasteiger charge is -2.29. The van der Waals surface area contributed by atoms with Gasteiger partial charge < -0.3 is 10.6 Å². The number of hydrogen-bond donors (Lipinski definition) is 3. The summed E-state index contributed by atoms with van der Waals surface area (Å²) in [5, 5.41) is 5.61.